The second kappa shape index (κ2) is 8.84. The molecule has 5 aromatic rings. The van der Waals surface area contributed by atoms with Gasteiger partial charge in [0.05, 0.1) is 25.1 Å². The van der Waals surface area contributed by atoms with E-state index in [1.807, 2.05) is 72.8 Å². The number of nitrogens with one attached hydrogen (secondary N) is 1. The zero-order chi connectivity index (χ0) is 22.8. The molecule has 0 aliphatic carbocycles. The maximum Gasteiger partial charge on any atom is 0.161 e. The zero-order valence-corrected chi connectivity index (χ0v) is 18.8. The number of halogens is 1. The third kappa shape index (κ3) is 4.21. The first-order valence-corrected chi connectivity index (χ1v) is 10.6. The van der Waals surface area contributed by atoms with E-state index >= 15 is 0 Å². The molecule has 0 saturated heterocycles. The Bertz CT molecular complexity index is 1550. The number of anilines is 1. The van der Waals surface area contributed by atoms with Gasteiger partial charge in [0.2, 0.25) is 0 Å². The summed E-state index contributed by atoms with van der Waals surface area (Å²) in [4.78, 5) is 4.63. The van der Waals surface area contributed by atoms with E-state index in [1.54, 1.807) is 20.3 Å². The van der Waals surface area contributed by atoms with E-state index in [0.29, 0.717) is 39.0 Å². The van der Waals surface area contributed by atoms with E-state index in [2.05, 4.69) is 15.5 Å². The molecule has 1 N–H and O–H groups in total. The Morgan fingerprint density at radius 2 is 1.73 bits per heavy atom. The SMILES string of the molecule is COc1ccc(-c2cc(=NNc3ccc4ccccc4n3)c3cc(Cl)ccc3o2)cc1OC. The van der Waals surface area contributed by atoms with Gasteiger partial charge < -0.3 is 13.9 Å². The Hall–Kier alpha value is -4.03. The number of para-hydroxylation sites is 1. The molecule has 5 rings (SSSR count). The highest BCUT2D eigenvalue weighted by Gasteiger charge is 2.11. The van der Waals surface area contributed by atoms with Gasteiger partial charge in [-0.05, 0) is 54.6 Å². The maximum absolute atomic E-state index is 6.26. The molecule has 0 aliphatic heterocycles. The predicted octanol–water partition coefficient (Wildman–Crippen LogP) is 6.25. The first kappa shape index (κ1) is 20.8. The summed E-state index contributed by atoms with van der Waals surface area (Å²) in [6.07, 6.45) is 0. The topological polar surface area (TPSA) is 68.9 Å². The number of pyridine rings is 1. The van der Waals surface area contributed by atoms with Crippen molar-refractivity contribution < 1.29 is 13.9 Å². The Kier molecular flexibility index (Phi) is 5.59. The second-order valence-corrected chi connectivity index (χ2v) is 7.76. The van der Waals surface area contributed by atoms with Crippen LogP contribution in [-0.4, -0.2) is 19.2 Å². The Morgan fingerprint density at radius 1 is 0.879 bits per heavy atom. The maximum atomic E-state index is 6.26. The van der Waals surface area contributed by atoms with Crippen LogP contribution in [0.5, 0.6) is 11.5 Å². The average Bonchev–Trinajstić information content (AvgIpc) is 2.86. The zero-order valence-electron chi connectivity index (χ0n) is 18.0. The molecular formula is C26H20ClN3O3. The summed E-state index contributed by atoms with van der Waals surface area (Å²) in [7, 11) is 3.20. The van der Waals surface area contributed by atoms with Gasteiger partial charge >= 0.3 is 0 Å². The minimum atomic E-state index is 0.594. The van der Waals surface area contributed by atoms with Crippen LogP contribution in [-0.2, 0) is 0 Å². The molecule has 2 aromatic heterocycles. The van der Waals surface area contributed by atoms with Crippen LogP contribution in [0.3, 0.4) is 0 Å². The highest BCUT2D eigenvalue weighted by atomic mass is 35.5. The highest BCUT2D eigenvalue weighted by Crippen LogP contribution is 2.33. The largest absolute Gasteiger partial charge is 0.493 e. The van der Waals surface area contributed by atoms with Gasteiger partial charge in [-0.1, -0.05) is 29.8 Å². The first-order valence-electron chi connectivity index (χ1n) is 10.3. The summed E-state index contributed by atoms with van der Waals surface area (Å²) in [5.41, 5.74) is 5.43. The van der Waals surface area contributed by atoms with Crippen molar-refractivity contribution in [2.24, 2.45) is 5.10 Å². The number of ether oxygens (including phenoxy) is 2. The molecule has 3 aromatic carbocycles. The van der Waals surface area contributed by atoms with Crippen molar-refractivity contribution in [3.63, 3.8) is 0 Å². The third-order valence-corrected chi connectivity index (χ3v) is 5.50. The van der Waals surface area contributed by atoms with Crippen molar-refractivity contribution in [3.05, 3.63) is 89.2 Å². The molecule has 0 saturated carbocycles. The van der Waals surface area contributed by atoms with Crippen molar-refractivity contribution in [3.8, 4) is 22.8 Å². The van der Waals surface area contributed by atoms with Crippen LogP contribution in [0.15, 0.2) is 88.4 Å². The fourth-order valence-corrected chi connectivity index (χ4v) is 3.78. The van der Waals surface area contributed by atoms with Gasteiger partial charge in [0.15, 0.2) is 11.5 Å². The summed E-state index contributed by atoms with van der Waals surface area (Å²) in [5, 5.41) is 7.73. The number of benzene rings is 3. The molecule has 0 unspecified atom stereocenters. The van der Waals surface area contributed by atoms with Crippen LogP contribution in [0.1, 0.15) is 0 Å². The minimum Gasteiger partial charge on any atom is -0.493 e. The van der Waals surface area contributed by atoms with E-state index in [0.717, 1.165) is 21.9 Å². The van der Waals surface area contributed by atoms with Gasteiger partial charge in [0.1, 0.15) is 17.2 Å². The lowest BCUT2D eigenvalue weighted by atomic mass is 10.1. The standard InChI is InChI=1S/C26H20ClN3O3/c1-31-23-10-7-17(13-25(23)32-2)24-15-21(19-14-18(27)9-11-22(19)33-24)29-30-26-12-8-16-5-3-4-6-20(16)28-26/h3-15H,1-2H3,(H,28,30). The van der Waals surface area contributed by atoms with Crippen LogP contribution in [0.4, 0.5) is 5.82 Å². The Morgan fingerprint density at radius 3 is 2.58 bits per heavy atom. The number of nitrogens with zero attached hydrogens (tertiary/aromatic N) is 2. The minimum absolute atomic E-state index is 0.594. The molecule has 0 amide bonds. The van der Waals surface area contributed by atoms with Gasteiger partial charge in [0, 0.05) is 27.4 Å². The summed E-state index contributed by atoms with van der Waals surface area (Å²) in [6.45, 7) is 0. The lowest BCUT2D eigenvalue weighted by Gasteiger charge is -2.10. The summed E-state index contributed by atoms with van der Waals surface area (Å²) in [5.74, 6) is 2.51. The van der Waals surface area contributed by atoms with Crippen LogP contribution in [0.25, 0.3) is 33.2 Å². The third-order valence-electron chi connectivity index (χ3n) is 5.26. The van der Waals surface area contributed by atoms with Crippen LogP contribution >= 0.6 is 11.6 Å². The molecule has 0 fully saturated rings. The second-order valence-electron chi connectivity index (χ2n) is 7.32. The fraction of sp³-hybridized carbons (Fsp3) is 0.0769. The number of aromatic nitrogens is 1. The molecule has 164 valence electrons. The van der Waals surface area contributed by atoms with Gasteiger partial charge in [-0.15, -0.1) is 0 Å². The van der Waals surface area contributed by atoms with Crippen molar-refractivity contribution in [2.45, 2.75) is 0 Å². The van der Waals surface area contributed by atoms with Gasteiger partial charge in [-0.25, -0.2) is 4.98 Å². The molecule has 2 heterocycles. The number of hydrogen-bond acceptors (Lipinski definition) is 6. The quantitative estimate of drug-likeness (QED) is 0.316. The number of hydrogen-bond donors (Lipinski definition) is 1. The highest BCUT2D eigenvalue weighted by molar-refractivity contribution is 6.31. The Balaban J connectivity index is 1.63. The summed E-state index contributed by atoms with van der Waals surface area (Å²) >= 11 is 6.26. The predicted molar refractivity (Wildman–Crippen MR) is 131 cm³/mol. The molecule has 33 heavy (non-hydrogen) atoms. The molecule has 0 bridgehead atoms. The lowest BCUT2D eigenvalue weighted by Crippen LogP contribution is -2.08. The average molecular weight is 458 g/mol. The molecule has 0 spiro atoms. The van der Waals surface area contributed by atoms with Crippen molar-refractivity contribution in [1.29, 1.82) is 0 Å². The van der Waals surface area contributed by atoms with Crippen LogP contribution in [0.2, 0.25) is 5.02 Å². The van der Waals surface area contributed by atoms with Gasteiger partial charge in [-0.2, -0.15) is 5.10 Å². The van der Waals surface area contributed by atoms with Crippen molar-refractivity contribution in [1.82, 2.24) is 4.98 Å². The monoisotopic (exact) mass is 457 g/mol. The molecule has 7 heteroatoms. The van der Waals surface area contributed by atoms with Crippen molar-refractivity contribution >= 4 is 39.3 Å². The first-order chi connectivity index (χ1) is 16.1. The van der Waals surface area contributed by atoms with E-state index in [1.165, 1.54) is 0 Å². The van der Waals surface area contributed by atoms with E-state index in [4.69, 9.17) is 25.5 Å². The van der Waals surface area contributed by atoms with Crippen LogP contribution in [0, 0.1) is 0 Å². The molecule has 6 nitrogen and oxygen atoms in total. The normalized spacial score (nSPS) is 11.7. The summed E-state index contributed by atoms with van der Waals surface area (Å²) in [6, 6.07) is 24.7. The molecule has 0 radical (unpaired) electrons. The molecule has 0 aliphatic rings. The van der Waals surface area contributed by atoms with E-state index in [-0.39, 0.29) is 0 Å². The molecular weight excluding hydrogens is 438 g/mol. The molecule has 0 atom stereocenters. The smallest absolute Gasteiger partial charge is 0.161 e. The van der Waals surface area contributed by atoms with Crippen molar-refractivity contribution in [2.75, 3.05) is 19.6 Å². The van der Waals surface area contributed by atoms with E-state index in [9.17, 15) is 0 Å². The van der Waals surface area contributed by atoms with Crippen LogP contribution < -0.4 is 20.3 Å². The van der Waals surface area contributed by atoms with Gasteiger partial charge in [0.25, 0.3) is 0 Å². The summed E-state index contributed by atoms with van der Waals surface area (Å²) < 4.78 is 17.0. The lowest BCUT2D eigenvalue weighted by molar-refractivity contribution is 0.355. The van der Waals surface area contributed by atoms with Gasteiger partial charge in [-0.3, -0.25) is 5.43 Å². The van der Waals surface area contributed by atoms with E-state index < -0.39 is 0 Å². The Labute approximate surface area is 195 Å². The number of fused-ring (bicyclic) bond motifs is 2. The fourth-order valence-electron chi connectivity index (χ4n) is 3.61. The number of rotatable bonds is 5. The number of methoxy groups -OCH3 is 2.